The molecular formula is C19H21F2N5O3. The molecule has 0 aliphatic heterocycles. The van der Waals surface area contributed by atoms with Crippen LogP contribution in [0.25, 0.3) is 0 Å². The number of hydrogen-bond acceptors (Lipinski definition) is 6. The first kappa shape index (κ1) is 20.6. The number of ether oxygens (including phenoxy) is 1. The molecule has 1 aliphatic carbocycles. The molecule has 154 valence electrons. The maximum Gasteiger partial charge on any atom is 0.272 e. The second-order valence-electron chi connectivity index (χ2n) is 6.76. The molecule has 0 bridgehead atoms. The second kappa shape index (κ2) is 8.89. The summed E-state index contributed by atoms with van der Waals surface area (Å²) >= 11 is 0. The van der Waals surface area contributed by atoms with Crippen molar-refractivity contribution in [3.8, 4) is 5.88 Å². The molecular weight excluding hydrogens is 384 g/mol. The lowest BCUT2D eigenvalue weighted by Gasteiger charge is -2.11. The Bertz CT molecular complexity index is 919. The van der Waals surface area contributed by atoms with Gasteiger partial charge in [-0.05, 0) is 38.3 Å². The monoisotopic (exact) mass is 405 g/mol. The number of alkyl halides is 2. The number of nitrogens with one attached hydrogen (secondary N) is 2. The van der Waals surface area contributed by atoms with Crippen LogP contribution < -0.4 is 15.4 Å². The van der Waals surface area contributed by atoms with Gasteiger partial charge in [0, 0.05) is 29.9 Å². The number of pyridine rings is 1. The number of aromatic nitrogens is 3. The van der Waals surface area contributed by atoms with Gasteiger partial charge in [-0.25, -0.2) is 23.7 Å². The number of carbonyl (C=O) groups is 2. The molecule has 0 spiro atoms. The molecule has 0 aromatic carbocycles. The van der Waals surface area contributed by atoms with Crippen LogP contribution in [0.5, 0.6) is 5.88 Å². The predicted octanol–water partition coefficient (Wildman–Crippen LogP) is 2.41. The minimum Gasteiger partial charge on any atom is -0.472 e. The Morgan fingerprint density at radius 2 is 1.97 bits per heavy atom. The highest BCUT2D eigenvalue weighted by molar-refractivity contribution is 5.95. The molecule has 2 amide bonds. The first-order chi connectivity index (χ1) is 13.8. The number of anilines is 1. The van der Waals surface area contributed by atoms with Gasteiger partial charge >= 0.3 is 0 Å². The molecule has 0 saturated heterocycles. The van der Waals surface area contributed by atoms with Gasteiger partial charge in [-0.2, -0.15) is 0 Å². The number of carbonyl (C=O) groups excluding carboxylic acids is 2. The van der Waals surface area contributed by atoms with Gasteiger partial charge in [0.25, 0.3) is 12.3 Å². The van der Waals surface area contributed by atoms with Crippen molar-refractivity contribution in [3.05, 3.63) is 40.8 Å². The zero-order chi connectivity index (χ0) is 21.0. The van der Waals surface area contributed by atoms with Gasteiger partial charge in [-0.15, -0.1) is 0 Å². The highest BCUT2D eigenvalue weighted by Crippen LogP contribution is 2.29. The van der Waals surface area contributed by atoms with Gasteiger partial charge in [0.2, 0.25) is 17.7 Å². The van der Waals surface area contributed by atoms with Crippen molar-refractivity contribution in [3.63, 3.8) is 0 Å². The molecule has 8 nitrogen and oxygen atoms in total. The fourth-order valence-electron chi connectivity index (χ4n) is 2.55. The summed E-state index contributed by atoms with van der Waals surface area (Å²) in [5, 5.41) is 5.36. The fraction of sp³-hybridized carbons (Fsp3) is 0.421. The van der Waals surface area contributed by atoms with Gasteiger partial charge < -0.3 is 10.1 Å². The summed E-state index contributed by atoms with van der Waals surface area (Å²) in [4.78, 5) is 36.7. The van der Waals surface area contributed by atoms with Crippen LogP contribution in [-0.4, -0.2) is 39.8 Å². The third-order valence-corrected chi connectivity index (χ3v) is 4.24. The van der Waals surface area contributed by atoms with Crippen LogP contribution >= 0.6 is 0 Å². The SMILES string of the molecule is Cc1cc(C(=O)NCc2ccc(OCC(F)F)nc2C)nc(NC(=O)C2CC2)n1. The predicted molar refractivity (Wildman–Crippen MR) is 99.8 cm³/mol. The van der Waals surface area contributed by atoms with Gasteiger partial charge in [-0.3, -0.25) is 14.9 Å². The zero-order valence-electron chi connectivity index (χ0n) is 16.0. The van der Waals surface area contributed by atoms with Gasteiger partial charge in [-0.1, -0.05) is 6.07 Å². The fourth-order valence-corrected chi connectivity index (χ4v) is 2.55. The van der Waals surface area contributed by atoms with Gasteiger partial charge in [0.05, 0.1) is 0 Å². The molecule has 1 fully saturated rings. The van der Waals surface area contributed by atoms with E-state index in [1.54, 1.807) is 19.9 Å². The van der Waals surface area contributed by atoms with Crippen molar-refractivity contribution in [2.45, 2.75) is 39.7 Å². The van der Waals surface area contributed by atoms with E-state index in [0.29, 0.717) is 17.0 Å². The maximum absolute atomic E-state index is 12.5. The Morgan fingerprint density at radius 1 is 1.21 bits per heavy atom. The van der Waals surface area contributed by atoms with Crippen LogP contribution in [0, 0.1) is 19.8 Å². The molecule has 29 heavy (non-hydrogen) atoms. The number of halogens is 2. The van der Waals surface area contributed by atoms with Crippen molar-refractivity contribution >= 4 is 17.8 Å². The van der Waals surface area contributed by atoms with Crippen molar-refractivity contribution in [1.29, 1.82) is 0 Å². The van der Waals surface area contributed by atoms with E-state index in [-0.39, 0.29) is 35.9 Å². The highest BCUT2D eigenvalue weighted by Gasteiger charge is 2.30. The number of aryl methyl sites for hydroxylation is 2. The summed E-state index contributed by atoms with van der Waals surface area (Å²) in [5.74, 6) is -0.377. The topological polar surface area (TPSA) is 106 Å². The summed E-state index contributed by atoms with van der Waals surface area (Å²) in [7, 11) is 0. The molecule has 2 heterocycles. The first-order valence-corrected chi connectivity index (χ1v) is 9.14. The second-order valence-corrected chi connectivity index (χ2v) is 6.76. The van der Waals surface area contributed by atoms with E-state index in [4.69, 9.17) is 4.74 Å². The summed E-state index contributed by atoms with van der Waals surface area (Å²) in [6.07, 6.45) is -0.874. The van der Waals surface area contributed by atoms with E-state index in [0.717, 1.165) is 12.8 Å². The van der Waals surface area contributed by atoms with E-state index in [1.165, 1.54) is 12.1 Å². The molecule has 0 unspecified atom stereocenters. The lowest BCUT2D eigenvalue weighted by molar-refractivity contribution is -0.117. The summed E-state index contributed by atoms with van der Waals surface area (Å²) in [5.41, 5.74) is 1.94. The summed E-state index contributed by atoms with van der Waals surface area (Å²) < 4.78 is 29.3. The Morgan fingerprint density at radius 3 is 2.62 bits per heavy atom. The Labute approximate surface area is 166 Å². The Hall–Kier alpha value is -3.17. The third kappa shape index (κ3) is 5.90. The van der Waals surface area contributed by atoms with Crippen molar-refractivity contribution < 1.29 is 23.1 Å². The van der Waals surface area contributed by atoms with Crippen molar-refractivity contribution in [2.75, 3.05) is 11.9 Å². The average molecular weight is 405 g/mol. The van der Waals surface area contributed by atoms with Crippen LogP contribution in [0.3, 0.4) is 0 Å². The molecule has 1 aliphatic rings. The van der Waals surface area contributed by atoms with Crippen molar-refractivity contribution in [2.24, 2.45) is 5.92 Å². The lowest BCUT2D eigenvalue weighted by Crippen LogP contribution is -2.25. The van der Waals surface area contributed by atoms with E-state index in [9.17, 15) is 18.4 Å². The molecule has 2 aromatic heterocycles. The summed E-state index contributed by atoms with van der Waals surface area (Å²) in [6.45, 7) is 2.84. The quantitative estimate of drug-likeness (QED) is 0.699. The minimum atomic E-state index is -2.58. The van der Waals surface area contributed by atoms with Crippen LogP contribution in [-0.2, 0) is 11.3 Å². The van der Waals surface area contributed by atoms with Gasteiger partial charge in [0.15, 0.2) is 6.61 Å². The lowest BCUT2D eigenvalue weighted by atomic mass is 10.2. The summed E-state index contributed by atoms with van der Waals surface area (Å²) in [6, 6.07) is 4.64. The van der Waals surface area contributed by atoms with Gasteiger partial charge in [0.1, 0.15) is 5.69 Å². The van der Waals surface area contributed by atoms with Crippen LogP contribution in [0.4, 0.5) is 14.7 Å². The third-order valence-electron chi connectivity index (χ3n) is 4.24. The standard InChI is InChI=1S/C19H21F2N5O3/c1-10-7-14(25-19(23-10)26-17(27)12-3-4-12)18(28)22-8-13-5-6-16(24-11(13)2)29-9-15(20)21/h5-7,12,15H,3-4,8-9H2,1-2H3,(H,22,28)(H,23,25,26,27). The van der Waals surface area contributed by atoms with Crippen molar-refractivity contribution in [1.82, 2.24) is 20.3 Å². The van der Waals surface area contributed by atoms with Crippen LogP contribution in [0.1, 0.15) is 40.3 Å². The number of amides is 2. The molecule has 10 heteroatoms. The van der Waals surface area contributed by atoms with E-state index < -0.39 is 18.9 Å². The molecule has 0 radical (unpaired) electrons. The maximum atomic E-state index is 12.5. The largest absolute Gasteiger partial charge is 0.472 e. The highest BCUT2D eigenvalue weighted by atomic mass is 19.3. The Kier molecular flexibility index (Phi) is 6.30. The van der Waals surface area contributed by atoms with E-state index in [1.807, 2.05) is 0 Å². The molecule has 2 N–H and O–H groups in total. The molecule has 0 atom stereocenters. The Balaban J connectivity index is 1.61. The van der Waals surface area contributed by atoms with E-state index in [2.05, 4.69) is 25.6 Å². The molecule has 1 saturated carbocycles. The molecule has 3 rings (SSSR count). The number of rotatable bonds is 8. The zero-order valence-corrected chi connectivity index (χ0v) is 16.0. The van der Waals surface area contributed by atoms with Crippen LogP contribution in [0.15, 0.2) is 18.2 Å². The normalized spacial score (nSPS) is 13.3. The van der Waals surface area contributed by atoms with Crippen LogP contribution in [0.2, 0.25) is 0 Å². The first-order valence-electron chi connectivity index (χ1n) is 9.14. The minimum absolute atomic E-state index is 0.000455. The van der Waals surface area contributed by atoms with E-state index >= 15 is 0 Å². The number of hydrogen-bond donors (Lipinski definition) is 2. The smallest absolute Gasteiger partial charge is 0.272 e. The molecule has 2 aromatic rings. The number of nitrogens with zero attached hydrogens (tertiary/aromatic N) is 3. The average Bonchev–Trinajstić information content (AvgIpc) is 3.50.